The lowest BCUT2D eigenvalue weighted by Crippen LogP contribution is -2.22. The van der Waals surface area contributed by atoms with Crippen LogP contribution in [0.1, 0.15) is 16.1 Å². The Kier molecular flexibility index (Phi) is 3.06. The molecule has 1 aliphatic heterocycles. The number of benzene rings is 1. The molecule has 6 nitrogen and oxygen atoms in total. The Morgan fingerprint density at radius 1 is 1.50 bits per heavy atom. The van der Waals surface area contributed by atoms with Gasteiger partial charge in [0.15, 0.2) is 5.75 Å². The van der Waals surface area contributed by atoms with Gasteiger partial charge in [0.05, 0.1) is 16.9 Å². The molecule has 2 N–H and O–H groups in total. The van der Waals surface area contributed by atoms with Crippen molar-refractivity contribution in [2.75, 3.05) is 23.8 Å². The van der Waals surface area contributed by atoms with Crippen LogP contribution in [0, 0.1) is 6.92 Å². The first kappa shape index (κ1) is 12.5. The second kappa shape index (κ2) is 4.88. The molecule has 0 saturated heterocycles. The molecule has 0 unspecified atom stereocenters. The zero-order chi connectivity index (χ0) is 14.1. The number of carbonyl (C=O) groups excluding carboxylic acids is 1. The third kappa shape index (κ3) is 2.20. The molecule has 0 radical (unpaired) electrons. The maximum atomic E-state index is 12.4. The summed E-state index contributed by atoms with van der Waals surface area (Å²) in [5, 5.41) is 10.3. The molecule has 1 amide bonds. The molecular weight excluding hydrogens is 256 g/mol. The van der Waals surface area contributed by atoms with E-state index in [0.29, 0.717) is 23.7 Å². The highest BCUT2D eigenvalue weighted by Crippen LogP contribution is 2.31. The predicted molar refractivity (Wildman–Crippen MR) is 76.3 cm³/mol. The van der Waals surface area contributed by atoms with E-state index >= 15 is 0 Å². The molecule has 0 bridgehead atoms. The van der Waals surface area contributed by atoms with Crippen molar-refractivity contribution in [2.24, 2.45) is 7.05 Å². The van der Waals surface area contributed by atoms with E-state index in [1.165, 1.54) is 0 Å². The number of ether oxygens (including phenoxy) is 1. The summed E-state index contributed by atoms with van der Waals surface area (Å²) >= 11 is 0. The fourth-order valence-corrected chi connectivity index (χ4v) is 2.26. The van der Waals surface area contributed by atoms with Crippen molar-refractivity contribution >= 4 is 17.4 Å². The SMILES string of the molecule is Cc1cc(NC(=O)c2cccc3c2OCCN3)n(C)n1. The van der Waals surface area contributed by atoms with E-state index in [0.717, 1.165) is 17.9 Å². The van der Waals surface area contributed by atoms with Crippen LogP contribution in [0.15, 0.2) is 24.3 Å². The first-order chi connectivity index (χ1) is 9.65. The van der Waals surface area contributed by atoms with Crippen LogP contribution < -0.4 is 15.4 Å². The number of aryl methyl sites for hydroxylation is 2. The van der Waals surface area contributed by atoms with Gasteiger partial charge in [-0.1, -0.05) is 6.07 Å². The fraction of sp³-hybridized carbons (Fsp3) is 0.286. The van der Waals surface area contributed by atoms with Crippen LogP contribution in [0.2, 0.25) is 0 Å². The number of fused-ring (bicyclic) bond motifs is 1. The number of rotatable bonds is 2. The summed E-state index contributed by atoms with van der Waals surface area (Å²) in [5.41, 5.74) is 2.23. The van der Waals surface area contributed by atoms with E-state index in [2.05, 4.69) is 15.7 Å². The topological polar surface area (TPSA) is 68.2 Å². The molecule has 20 heavy (non-hydrogen) atoms. The first-order valence-electron chi connectivity index (χ1n) is 6.47. The quantitative estimate of drug-likeness (QED) is 0.874. The van der Waals surface area contributed by atoms with Gasteiger partial charge in [0, 0.05) is 19.7 Å². The van der Waals surface area contributed by atoms with E-state index in [9.17, 15) is 4.79 Å². The highest BCUT2D eigenvalue weighted by Gasteiger charge is 2.19. The maximum Gasteiger partial charge on any atom is 0.260 e. The molecule has 3 rings (SSSR count). The number of hydrogen-bond acceptors (Lipinski definition) is 4. The average molecular weight is 272 g/mol. The minimum absolute atomic E-state index is 0.200. The number of anilines is 2. The van der Waals surface area contributed by atoms with Gasteiger partial charge in [0.25, 0.3) is 5.91 Å². The van der Waals surface area contributed by atoms with Gasteiger partial charge >= 0.3 is 0 Å². The third-order valence-corrected chi connectivity index (χ3v) is 3.17. The van der Waals surface area contributed by atoms with Gasteiger partial charge in [-0.15, -0.1) is 0 Å². The zero-order valence-corrected chi connectivity index (χ0v) is 11.4. The number of nitrogens with one attached hydrogen (secondary N) is 2. The summed E-state index contributed by atoms with van der Waals surface area (Å²) < 4.78 is 7.24. The van der Waals surface area contributed by atoms with Gasteiger partial charge in [-0.25, -0.2) is 0 Å². The number of para-hydroxylation sites is 1. The predicted octanol–water partition coefficient (Wildman–Crippen LogP) is 1.79. The second-order valence-electron chi connectivity index (χ2n) is 4.71. The number of carbonyl (C=O) groups is 1. The monoisotopic (exact) mass is 272 g/mol. The molecule has 1 aromatic carbocycles. The van der Waals surface area contributed by atoms with Crippen LogP contribution in [0.3, 0.4) is 0 Å². The van der Waals surface area contributed by atoms with Gasteiger partial charge in [0.2, 0.25) is 0 Å². The Balaban J connectivity index is 1.89. The molecule has 0 fully saturated rings. The first-order valence-corrected chi connectivity index (χ1v) is 6.47. The number of aromatic nitrogens is 2. The Bertz CT molecular complexity index is 663. The van der Waals surface area contributed by atoms with Gasteiger partial charge in [-0.2, -0.15) is 5.10 Å². The van der Waals surface area contributed by atoms with Crippen molar-refractivity contribution in [3.63, 3.8) is 0 Å². The van der Waals surface area contributed by atoms with Crippen molar-refractivity contribution in [3.8, 4) is 5.75 Å². The van der Waals surface area contributed by atoms with E-state index in [4.69, 9.17) is 4.74 Å². The van der Waals surface area contributed by atoms with Crippen LogP contribution in [-0.2, 0) is 7.05 Å². The van der Waals surface area contributed by atoms with E-state index in [-0.39, 0.29) is 5.91 Å². The molecule has 2 heterocycles. The Morgan fingerprint density at radius 2 is 2.35 bits per heavy atom. The lowest BCUT2D eigenvalue weighted by molar-refractivity contribution is 0.102. The van der Waals surface area contributed by atoms with Gasteiger partial charge < -0.3 is 15.4 Å². The zero-order valence-electron chi connectivity index (χ0n) is 11.4. The highest BCUT2D eigenvalue weighted by molar-refractivity contribution is 6.07. The van der Waals surface area contributed by atoms with Crippen molar-refractivity contribution < 1.29 is 9.53 Å². The maximum absolute atomic E-state index is 12.4. The molecule has 0 spiro atoms. The normalized spacial score (nSPS) is 13.1. The summed E-state index contributed by atoms with van der Waals surface area (Å²) in [6, 6.07) is 7.32. The molecule has 0 atom stereocenters. The number of amides is 1. The molecule has 0 saturated carbocycles. The van der Waals surface area contributed by atoms with Gasteiger partial charge in [-0.05, 0) is 19.1 Å². The summed E-state index contributed by atoms with van der Waals surface area (Å²) in [4.78, 5) is 12.4. The minimum atomic E-state index is -0.200. The van der Waals surface area contributed by atoms with Crippen molar-refractivity contribution in [3.05, 3.63) is 35.5 Å². The van der Waals surface area contributed by atoms with E-state index in [1.54, 1.807) is 17.8 Å². The fourth-order valence-electron chi connectivity index (χ4n) is 2.26. The Labute approximate surface area is 116 Å². The van der Waals surface area contributed by atoms with Crippen LogP contribution in [-0.4, -0.2) is 28.8 Å². The van der Waals surface area contributed by atoms with Crippen molar-refractivity contribution in [1.82, 2.24) is 9.78 Å². The van der Waals surface area contributed by atoms with Crippen molar-refractivity contribution in [2.45, 2.75) is 6.92 Å². The summed E-state index contributed by atoms with van der Waals surface area (Å²) in [6.45, 7) is 3.19. The lowest BCUT2D eigenvalue weighted by Gasteiger charge is -2.21. The molecular formula is C14H16N4O2. The number of nitrogens with zero attached hydrogens (tertiary/aromatic N) is 2. The van der Waals surface area contributed by atoms with Gasteiger partial charge in [-0.3, -0.25) is 9.48 Å². The Hall–Kier alpha value is -2.50. The summed E-state index contributed by atoms with van der Waals surface area (Å²) in [6.07, 6.45) is 0. The van der Waals surface area contributed by atoms with Gasteiger partial charge in [0.1, 0.15) is 12.4 Å². The largest absolute Gasteiger partial charge is 0.489 e. The standard InChI is InChI=1S/C14H16N4O2/c1-9-8-12(18(2)17-9)16-14(19)10-4-3-5-11-13(10)20-7-6-15-11/h3-5,8,15H,6-7H2,1-2H3,(H,16,19). The van der Waals surface area contributed by atoms with Crippen LogP contribution in [0.25, 0.3) is 0 Å². The second-order valence-corrected chi connectivity index (χ2v) is 4.71. The smallest absolute Gasteiger partial charge is 0.260 e. The molecule has 6 heteroatoms. The highest BCUT2D eigenvalue weighted by atomic mass is 16.5. The van der Waals surface area contributed by atoms with Crippen LogP contribution in [0.5, 0.6) is 5.75 Å². The molecule has 0 aliphatic carbocycles. The molecule has 1 aromatic heterocycles. The molecule has 1 aliphatic rings. The number of hydrogen-bond donors (Lipinski definition) is 2. The lowest BCUT2D eigenvalue weighted by atomic mass is 10.1. The van der Waals surface area contributed by atoms with Crippen LogP contribution >= 0.6 is 0 Å². The van der Waals surface area contributed by atoms with E-state index < -0.39 is 0 Å². The van der Waals surface area contributed by atoms with Crippen molar-refractivity contribution in [1.29, 1.82) is 0 Å². The summed E-state index contributed by atoms with van der Waals surface area (Å²) in [5.74, 6) is 1.07. The molecule has 104 valence electrons. The third-order valence-electron chi connectivity index (χ3n) is 3.17. The summed E-state index contributed by atoms with van der Waals surface area (Å²) in [7, 11) is 1.79. The molecule has 2 aromatic rings. The Morgan fingerprint density at radius 3 is 3.10 bits per heavy atom. The van der Waals surface area contributed by atoms with Crippen LogP contribution in [0.4, 0.5) is 11.5 Å². The average Bonchev–Trinajstić information content (AvgIpc) is 2.76. The minimum Gasteiger partial charge on any atom is -0.489 e. The van der Waals surface area contributed by atoms with E-state index in [1.807, 2.05) is 25.1 Å².